The molecule has 0 aromatic heterocycles. The van der Waals surface area contributed by atoms with Crippen LogP contribution in [0.25, 0.3) is 11.1 Å². The molecule has 1 aliphatic rings. The van der Waals surface area contributed by atoms with E-state index in [1.807, 2.05) is 42.5 Å². The molecule has 2 aromatic carbocycles. The van der Waals surface area contributed by atoms with Gasteiger partial charge in [-0.05, 0) is 28.8 Å². The highest BCUT2D eigenvalue weighted by Gasteiger charge is 2.36. The zero-order valence-corrected chi connectivity index (χ0v) is 8.77. The zero-order valence-electron chi connectivity index (χ0n) is 8.77. The van der Waals surface area contributed by atoms with Gasteiger partial charge in [0.1, 0.15) is 5.66 Å². The molecule has 80 valence electrons. The molecule has 0 saturated heterocycles. The quantitative estimate of drug-likeness (QED) is 0.455. The minimum absolute atomic E-state index is 0.687. The summed E-state index contributed by atoms with van der Waals surface area (Å²) in [5.74, 6) is 0. The molecule has 6 N–H and O–H groups in total. The highest BCUT2D eigenvalue weighted by molar-refractivity contribution is 5.81. The summed E-state index contributed by atoms with van der Waals surface area (Å²) in [6.07, 6.45) is 0. The minimum Gasteiger partial charge on any atom is -0.399 e. The van der Waals surface area contributed by atoms with Crippen LogP contribution in [0.4, 0.5) is 5.69 Å². The van der Waals surface area contributed by atoms with Crippen LogP contribution in [0.2, 0.25) is 0 Å². The predicted molar refractivity (Wildman–Crippen MR) is 65.4 cm³/mol. The van der Waals surface area contributed by atoms with E-state index in [2.05, 4.69) is 0 Å². The molecule has 0 saturated carbocycles. The van der Waals surface area contributed by atoms with E-state index < -0.39 is 5.66 Å². The summed E-state index contributed by atoms with van der Waals surface area (Å²) >= 11 is 0. The number of rotatable bonds is 0. The lowest BCUT2D eigenvalue weighted by molar-refractivity contribution is 0.584. The van der Waals surface area contributed by atoms with E-state index in [0.29, 0.717) is 5.69 Å². The predicted octanol–water partition coefficient (Wildman–Crippen LogP) is 1.37. The van der Waals surface area contributed by atoms with Crippen LogP contribution in [-0.4, -0.2) is 0 Å². The fraction of sp³-hybridized carbons (Fsp3) is 0.0769. The SMILES string of the molecule is Nc1ccc2c(c1)C(N)(N)c1ccccc1-2. The molecule has 0 amide bonds. The van der Waals surface area contributed by atoms with E-state index in [9.17, 15) is 0 Å². The largest absolute Gasteiger partial charge is 0.399 e. The van der Waals surface area contributed by atoms with Crippen LogP contribution in [0.5, 0.6) is 0 Å². The molecule has 1 aliphatic carbocycles. The summed E-state index contributed by atoms with van der Waals surface area (Å²) < 4.78 is 0. The van der Waals surface area contributed by atoms with E-state index in [4.69, 9.17) is 17.2 Å². The maximum Gasteiger partial charge on any atom is 0.118 e. The number of anilines is 1. The number of benzene rings is 2. The molecule has 0 heterocycles. The summed E-state index contributed by atoms with van der Waals surface area (Å²) in [5.41, 5.74) is 21.9. The Morgan fingerprint density at radius 3 is 2.31 bits per heavy atom. The summed E-state index contributed by atoms with van der Waals surface area (Å²) in [5, 5.41) is 0. The van der Waals surface area contributed by atoms with Crippen LogP contribution in [0.1, 0.15) is 11.1 Å². The van der Waals surface area contributed by atoms with Crippen LogP contribution in [0, 0.1) is 0 Å². The number of fused-ring (bicyclic) bond motifs is 3. The van der Waals surface area contributed by atoms with Crippen molar-refractivity contribution in [2.24, 2.45) is 11.5 Å². The third kappa shape index (κ3) is 1.04. The molecule has 3 nitrogen and oxygen atoms in total. The lowest BCUT2D eigenvalue weighted by Crippen LogP contribution is -2.45. The first-order chi connectivity index (χ1) is 7.60. The summed E-state index contributed by atoms with van der Waals surface area (Å²) in [6, 6.07) is 13.6. The van der Waals surface area contributed by atoms with Crippen molar-refractivity contribution in [1.29, 1.82) is 0 Å². The first-order valence-corrected chi connectivity index (χ1v) is 5.18. The van der Waals surface area contributed by atoms with Crippen LogP contribution < -0.4 is 17.2 Å². The van der Waals surface area contributed by atoms with E-state index in [1.165, 1.54) is 0 Å². The molecule has 2 aromatic rings. The normalized spacial score (nSPS) is 15.6. The van der Waals surface area contributed by atoms with Crippen LogP contribution in [-0.2, 0) is 5.66 Å². The number of nitrogens with two attached hydrogens (primary N) is 3. The van der Waals surface area contributed by atoms with Crippen LogP contribution >= 0.6 is 0 Å². The lowest BCUT2D eigenvalue weighted by Gasteiger charge is -2.21. The van der Waals surface area contributed by atoms with Crippen molar-refractivity contribution in [3.05, 3.63) is 53.6 Å². The van der Waals surface area contributed by atoms with E-state index >= 15 is 0 Å². The Bertz CT molecular complexity index is 573. The second-order valence-corrected chi connectivity index (χ2v) is 4.22. The maximum atomic E-state index is 6.19. The highest BCUT2D eigenvalue weighted by Crippen LogP contribution is 2.43. The van der Waals surface area contributed by atoms with Crippen molar-refractivity contribution in [2.45, 2.75) is 5.66 Å². The Morgan fingerprint density at radius 1 is 0.812 bits per heavy atom. The molecule has 0 atom stereocenters. The lowest BCUT2D eigenvalue weighted by atomic mass is 9.99. The molecule has 0 bridgehead atoms. The molecule has 0 fully saturated rings. The minimum atomic E-state index is -0.929. The molecule has 3 rings (SSSR count). The topological polar surface area (TPSA) is 78.1 Å². The van der Waals surface area contributed by atoms with Crippen molar-refractivity contribution in [1.82, 2.24) is 0 Å². The van der Waals surface area contributed by atoms with Gasteiger partial charge >= 0.3 is 0 Å². The van der Waals surface area contributed by atoms with Gasteiger partial charge < -0.3 is 17.2 Å². The van der Waals surface area contributed by atoms with Gasteiger partial charge in [-0.2, -0.15) is 0 Å². The molecule has 0 unspecified atom stereocenters. The zero-order chi connectivity index (χ0) is 11.3. The van der Waals surface area contributed by atoms with Gasteiger partial charge in [0.25, 0.3) is 0 Å². The number of nitrogen functional groups attached to an aromatic ring is 1. The molecular formula is C13H13N3. The van der Waals surface area contributed by atoms with Gasteiger partial charge in [-0.15, -0.1) is 0 Å². The summed E-state index contributed by atoms with van der Waals surface area (Å²) in [7, 11) is 0. The number of hydrogen-bond donors (Lipinski definition) is 3. The third-order valence-electron chi connectivity index (χ3n) is 3.15. The van der Waals surface area contributed by atoms with E-state index in [1.54, 1.807) is 0 Å². The Balaban J connectivity index is 2.39. The molecular weight excluding hydrogens is 198 g/mol. The monoisotopic (exact) mass is 211 g/mol. The van der Waals surface area contributed by atoms with Gasteiger partial charge in [0.2, 0.25) is 0 Å². The number of hydrogen-bond acceptors (Lipinski definition) is 3. The molecule has 3 heteroatoms. The molecule has 0 radical (unpaired) electrons. The van der Waals surface area contributed by atoms with Crippen molar-refractivity contribution in [3.63, 3.8) is 0 Å². The van der Waals surface area contributed by atoms with E-state index in [-0.39, 0.29) is 0 Å². The third-order valence-corrected chi connectivity index (χ3v) is 3.15. The fourth-order valence-corrected chi connectivity index (χ4v) is 2.36. The van der Waals surface area contributed by atoms with Crippen molar-refractivity contribution >= 4 is 5.69 Å². The van der Waals surface area contributed by atoms with Gasteiger partial charge in [-0.25, -0.2) is 0 Å². The van der Waals surface area contributed by atoms with Gasteiger partial charge in [0.15, 0.2) is 0 Å². The second-order valence-electron chi connectivity index (χ2n) is 4.22. The Morgan fingerprint density at radius 2 is 1.50 bits per heavy atom. The fourth-order valence-electron chi connectivity index (χ4n) is 2.36. The highest BCUT2D eigenvalue weighted by atomic mass is 15.0. The van der Waals surface area contributed by atoms with Crippen molar-refractivity contribution in [3.8, 4) is 11.1 Å². The molecule has 0 spiro atoms. The van der Waals surface area contributed by atoms with Gasteiger partial charge in [-0.1, -0.05) is 30.3 Å². The van der Waals surface area contributed by atoms with Crippen molar-refractivity contribution in [2.75, 3.05) is 5.73 Å². The average molecular weight is 211 g/mol. The Hall–Kier alpha value is -1.84. The van der Waals surface area contributed by atoms with Gasteiger partial charge in [0.05, 0.1) is 0 Å². The standard InChI is InChI=1S/C13H13N3/c14-8-5-6-10-9-3-1-2-4-11(9)13(15,16)12(10)7-8/h1-7H,14-16H2. The average Bonchev–Trinajstić information content (AvgIpc) is 2.49. The van der Waals surface area contributed by atoms with E-state index in [0.717, 1.165) is 22.3 Å². The smallest absolute Gasteiger partial charge is 0.118 e. The first-order valence-electron chi connectivity index (χ1n) is 5.18. The van der Waals surface area contributed by atoms with Crippen molar-refractivity contribution < 1.29 is 0 Å². The Labute approximate surface area is 93.9 Å². The Kier molecular flexibility index (Phi) is 1.67. The molecule has 0 aliphatic heterocycles. The molecule has 16 heavy (non-hydrogen) atoms. The summed E-state index contributed by atoms with van der Waals surface area (Å²) in [4.78, 5) is 0. The van der Waals surface area contributed by atoms with Gasteiger partial charge in [-0.3, -0.25) is 0 Å². The maximum absolute atomic E-state index is 6.19. The van der Waals surface area contributed by atoms with Crippen LogP contribution in [0.3, 0.4) is 0 Å². The summed E-state index contributed by atoms with van der Waals surface area (Å²) in [6.45, 7) is 0. The van der Waals surface area contributed by atoms with Gasteiger partial charge in [0, 0.05) is 11.3 Å². The second kappa shape index (κ2) is 2.84. The first kappa shape index (κ1) is 9.39. The van der Waals surface area contributed by atoms with Crippen LogP contribution in [0.15, 0.2) is 42.5 Å².